The molecule has 0 aliphatic carbocycles. The fourth-order valence-electron chi connectivity index (χ4n) is 0.253. The van der Waals surface area contributed by atoms with Gasteiger partial charge in [-0.3, -0.25) is 9.97 Å². The molecule has 5 nitrogen and oxygen atoms in total. The minimum atomic E-state index is -0.250. The van der Waals surface area contributed by atoms with Crippen LogP contribution in [0.1, 0.15) is 0 Å². The van der Waals surface area contributed by atoms with Gasteiger partial charge in [0.2, 0.25) is 0 Å². The number of aromatic nitrogens is 2. The Morgan fingerprint density at radius 2 is 1.27 bits per heavy atom. The maximum atomic E-state index is 8.36. The van der Waals surface area contributed by atoms with Crippen LogP contribution in [0.2, 0.25) is 0 Å². The monoisotopic (exact) mass is 165 g/mol. The van der Waals surface area contributed by atoms with Crippen molar-refractivity contribution in [2.24, 2.45) is 0 Å². The fourth-order valence-corrected chi connectivity index (χ4v) is 0.253. The summed E-state index contributed by atoms with van der Waals surface area (Å²) < 4.78 is 0. The minimum absolute atomic E-state index is 0. The number of hydrogen-bond donors (Lipinski definition) is 1. The van der Waals surface area contributed by atoms with Crippen LogP contribution in [0.4, 0.5) is 0 Å². The molecule has 0 saturated heterocycles. The van der Waals surface area contributed by atoms with Crippen molar-refractivity contribution in [1.29, 1.82) is 0 Å². The van der Waals surface area contributed by atoms with Crippen LogP contribution in [-0.4, -0.2) is 28.2 Å². The van der Waals surface area contributed by atoms with Crippen molar-refractivity contribution < 1.29 is 45.1 Å². The molecule has 55 valence electrons. The van der Waals surface area contributed by atoms with Crippen molar-refractivity contribution in [3.63, 3.8) is 0 Å². The van der Waals surface area contributed by atoms with Gasteiger partial charge in [-0.05, 0) is 0 Å². The summed E-state index contributed by atoms with van der Waals surface area (Å²) in [6.45, 7) is 0. The summed E-state index contributed by atoms with van der Waals surface area (Å²) in [5, 5.41) is 15.2. The standard InChI is InChI=1S/C4H4N2.BHO2.Na.H2O/c1-2-6-4-3-5-1;2-1-3;;/h1-4H;2H;;1H2/q;-1;+1;. The predicted molar refractivity (Wildman–Crippen MR) is 33.6 cm³/mol. The second kappa shape index (κ2) is 16.5. The zero-order valence-electron chi connectivity index (χ0n) is 6.14. The van der Waals surface area contributed by atoms with E-state index in [2.05, 4.69) is 9.97 Å². The van der Waals surface area contributed by atoms with E-state index in [9.17, 15) is 0 Å². The van der Waals surface area contributed by atoms with Gasteiger partial charge in [0.1, 0.15) is 0 Å². The Hall–Kier alpha value is 0.0249. The van der Waals surface area contributed by atoms with E-state index >= 15 is 0 Å². The van der Waals surface area contributed by atoms with E-state index in [4.69, 9.17) is 10.0 Å². The van der Waals surface area contributed by atoms with Gasteiger partial charge in [0.15, 0.2) is 7.69 Å². The topological polar surface area (TPSA) is 101 Å². The largest absolute Gasteiger partial charge is 1.00 e. The molecule has 0 aliphatic heterocycles. The molecule has 1 aromatic rings. The predicted octanol–water partition coefficient (Wildman–Crippen LogP) is -5.47. The molecule has 0 aliphatic rings. The van der Waals surface area contributed by atoms with Gasteiger partial charge >= 0.3 is 29.6 Å². The maximum absolute atomic E-state index is 8.36. The summed E-state index contributed by atoms with van der Waals surface area (Å²) in [5.74, 6) is 0. The van der Waals surface area contributed by atoms with E-state index in [1.54, 1.807) is 24.8 Å². The molecule has 1 heterocycles. The van der Waals surface area contributed by atoms with Gasteiger partial charge in [0.05, 0.1) is 0 Å². The minimum Gasteiger partial charge on any atom is -0.861 e. The van der Waals surface area contributed by atoms with Crippen LogP contribution < -0.4 is 34.6 Å². The molecule has 0 fully saturated rings. The average molecular weight is 165 g/mol. The zero-order chi connectivity index (χ0) is 6.95. The molecule has 1 aromatic heterocycles. The van der Waals surface area contributed by atoms with Crippen LogP contribution >= 0.6 is 0 Å². The van der Waals surface area contributed by atoms with Gasteiger partial charge < -0.3 is 15.5 Å². The van der Waals surface area contributed by atoms with Crippen molar-refractivity contribution in [3.05, 3.63) is 24.8 Å². The number of rotatable bonds is 0. The molecule has 0 bridgehead atoms. The van der Waals surface area contributed by atoms with Crippen LogP contribution in [-0.2, 0) is 0 Å². The van der Waals surface area contributed by atoms with Crippen molar-refractivity contribution in [1.82, 2.24) is 9.97 Å². The molecular formula is C4H7BN2NaO3. The Kier molecular flexibility index (Phi) is 25.9. The first-order valence-electron chi connectivity index (χ1n) is 2.19. The van der Waals surface area contributed by atoms with E-state index in [1.165, 1.54) is 0 Å². The Morgan fingerprint density at radius 3 is 1.36 bits per heavy atom. The van der Waals surface area contributed by atoms with Crippen molar-refractivity contribution in [3.8, 4) is 0 Å². The van der Waals surface area contributed by atoms with Crippen molar-refractivity contribution >= 4 is 7.69 Å². The molecule has 0 aromatic carbocycles. The number of nitrogens with zero attached hydrogens (tertiary/aromatic N) is 2. The average Bonchev–Trinajstić information content (AvgIpc) is 1.93. The third kappa shape index (κ3) is 17.8. The van der Waals surface area contributed by atoms with Gasteiger partial charge in [0, 0.05) is 24.8 Å². The van der Waals surface area contributed by atoms with Crippen molar-refractivity contribution in [2.45, 2.75) is 0 Å². The van der Waals surface area contributed by atoms with Crippen LogP contribution in [0.3, 0.4) is 0 Å². The Balaban J connectivity index is -0.000000116. The van der Waals surface area contributed by atoms with Gasteiger partial charge in [-0.25, -0.2) is 0 Å². The summed E-state index contributed by atoms with van der Waals surface area (Å²) in [5.41, 5.74) is 0. The van der Waals surface area contributed by atoms with E-state index in [0.717, 1.165) is 0 Å². The van der Waals surface area contributed by atoms with Crippen LogP contribution in [0.25, 0.3) is 0 Å². The smallest absolute Gasteiger partial charge is 0.861 e. The molecule has 0 amide bonds. The third-order valence-corrected chi connectivity index (χ3v) is 0.478. The quantitative estimate of drug-likeness (QED) is 0.387. The Labute approximate surface area is 87.4 Å². The van der Waals surface area contributed by atoms with E-state index in [0.29, 0.717) is 0 Å². The summed E-state index contributed by atoms with van der Waals surface area (Å²) in [7, 11) is -0.250. The molecular weight excluding hydrogens is 158 g/mol. The van der Waals surface area contributed by atoms with E-state index in [-0.39, 0.29) is 42.7 Å². The molecule has 7 heteroatoms. The SMILES string of the molecule is O.[Na+].[O-][B]O.c1cnccn1. The first-order chi connectivity index (χ1) is 4.41. The molecule has 0 spiro atoms. The first kappa shape index (κ1) is 17.2. The first-order valence-corrected chi connectivity index (χ1v) is 2.19. The van der Waals surface area contributed by atoms with Gasteiger partial charge in [-0.1, -0.05) is 0 Å². The molecule has 1 radical (unpaired) electrons. The van der Waals surface area contributed by atoms with Crippen LogP contribution in [0, 0.1) is 0 Å². The summed E-state index contributed by atoms with van der Waals surface area (Å²) in [6, 6.07) is 0. The van der Waals surface area contributed by atoms with Gasteiger partial charge in [-0.15, -0.1) is 0 Å². The molecule has 0 unspecified atom stereocenters. The maximum Gasteiger partial charge on any atom is 1.00 e. The Morgan fingerprint density at radius 1 is 1.09 bits per heavy atom. The van der Waals surface area contributed by atoms with Crippen LogP contribution in [0.5, 0.6) is 0 Å². The van der Waals surface area contributed by atoms with Gasteiger partial charge in [-0.2, -0.15) is 0 Å². The number of hydrogen-bond acceptors (Lipinski definition) is 4. The summed E-state index contributed by atoms with van der Waals surface area (Å²) >= 11 is 0. The van der Waals surface area contributed by atoms with Crippen LogP contribution in [0.15, 0.2) is 24.8 Å². The fraction of sp³-hybridized carbons (Fsp3) is 0. The molecule has 0 saturated carbocycles. The second-order valence-electron chi connectivity index (χ2n) is 1.000. The zero-order valence-corrected chi connectivity index (χ0v) is 8.14. The van der Waals surface area contributed by atoms with E-state index in [1.807, 2.05) is 0 Å². The Bertz CT molecular complexity index is 106. The summed E-state index contributed by atoms with van der Waals surface area (Å²) in [4.78, 5) is 7.44. The molecule has 11 heavy (non-hydrogen) atoms. The van der Waals surface area contributed by atoms with Crippen molar-refractivity contribution in [2.75, 3.05) is 0 Å². The summed E-state index contributed by atoms with van der Waals surface area (Å²) in [6.07, 6.45) is 6.56. The van der Waals surface area contributed by atoms with E-state index < -0.39 is 0 Å². The molecule has 0 atom stereocenters. The molecule has 3 N–H and O–H groups in total. The molecule has 1 rings (SSSR count). The third-order valence-electron chi connectivity index (χ3n) is 0.478. The normalized spacial score (nSPS) is 5.64. The second-order valence-corrected chi connectivity index (χ2v) is 1.000. The van der Waals surface area contributed by atoms with Gasteiger partial charge in [0.25, 0.3) is 0 Å².